The molecule has 0 unspecified atom stereocenters. The molecule has 0 aliphatic carbocycles. The van der Waals surface area contributed by atoms with E-state index in [-0.39, 0.29) is 5.69 Å². The standard InChI is InChI=1S/C15H14ClF3N2/c1-21(9-10-4-2-3-5-13(10)16)11-6-7-14(20)12(8-11)15(17,18)19/h2-8H,9,20H2,1H3. The molecule has 2 aromatic carbocycles. The zero-order chi connectivity index (χ0) is 15.6. The monoisotopic (exact) mass is 314 g/mol. The Morgan fingerprint density at radius 3 is 2.43 bits per heavy atom. The molecule has 0 aliphatic rings. The topological polar surface area (TPSA) is 29.3 Å². The summed E-state index contributed by atoms with van der Waals surface area (Å²) < 4.78 is 38.6. The number of hydrogen-bond donors (Lipinski definition) is 1. The van der Waals surface area contributed by atoms with Crippen molar-refractivity contribution in [2.45, 2.75) is 12.7 Å². The Morgan fingerprint density at radius 2 is 1.81 bits per heavy atom. The van der Waals surface area contributed by atoms with Crippen molar-refractivity contribution in [3.05, 3.63) is 58.6 Å². The molecule has 0 amide bonds. The molecule has 2 rings (SSSR count). The molecule has 2 aromatic rings. The Balaban J connectivity index is 2.28. The normalized spacial score (nSPS) is 11.5. The predicted octanol–water partition coefficient (Wildman–Crippen LogP) is 4.58. The predicted molar refractivity (Wildman–Crippen MR) is 79.4 cm³/mol. The van der Waals surface area contributed by atoms with Gasteiger partial charge in [0.15, 0.2) is 0 Å². The third-order valence-electron chi connectivity index (χ3n) is 3.15. The molecule has 0 saturated carbocycles. The van der Waals surface area contributed by atoms with Gasteiger partial charge in [-0.2, -0.15) is 13.2 Å². The highest BCUT2D eigenvalue weighted by Crippen LogP contribution is 2.36. The van der Waals surface area contributed by atoms with E-state index in [0.29, 0.717) is 17.3 Å². The van der Waals surface area contributed by atoms with Crippen molar-refractivity contribution in [3.63, 3.8) is 0 Å². The molecule has 2 N–H and O–H groups in total. The van der Waals surface area contributed by atoms with E-state index in [4.69, 9.17) is 17.3 Å². The van der Waals surface area contributed by atoms with Gasteiger partial charge in [-0.25, -0.2) is 0 Å². The molecule has 0 spiro atoms. The number of halogens is 4. The highest BCUT2D eigenvalue weighted by molar-refractivity contribution is 6.31. The number of nitrogen functional groups attached to an aromatic ring is 1. The van der Waals surface area contributed by atoms with Crippen LogP contribution in [0.5, 0.6) is 0 Å². The van der Waals surface area contributed by atoms with Crippen LogP contribution in [0.1, 0.15) is 11.1 Å². The molecule has 0 fully saturated rings. The maximum Gasteiger partial charge on any atom is 0.418 e. The van der Waals surface area contributed by atoms with Crippen LogP contribution in [0.25, 0.3) is 0 Å². The Labute approximate surface area is 125 Å². The van der Waals surface area contributed by atoms with Gasteiger partial charge in [0.25, 0.3) is 0 Å². The van der Waals surface area contributed by atoms with E-state index in [1.807, 2.05) is 12.1 Å². The first kappa shape index (κ1) is 15.5. The Morgan fingerprint density at radius 1 is 1.14 bits per heavy atom. The zero-order valence-electron chi connectivity index (χ0n) is 11.3. The number of nitrogens with two attached hydrogens (primary N) is 1. The van der Waals surface area contributed by atoms with Crippen LogP contribution in [0.3, 0.4) is 0 Å². The first-order valence-electron chi connectivity index (χ1n) is 6.20. The van der Waals surface area contributed by atoms with E-state index in [0.717, 1.165) is 11.6 Å². The molecular weight excluding hydrogens is 301 g/mol. The lowest BCUT2D eigenvalue weighted by Gasteiger charge is -2.22. The highest BCUT2D eigenvalue weighted by atomic mass is 35.5. The number of rotatable bonds is 3. The fraction of sp³-hybridized carbons (Fsp3) is 0.200. The quantitative estimate of drug-likeness (QED) is 0.840. The molecule has 0 aromatic heterocycles. The summed E-state index contributed by atoms with van der Waals surface area (Å²) in [6.07, 6.45) is -4.47. The minimum absolute atomic E-state index is 0.280. The van der Waals surface area contributed by atoms with Gasteiger partial charge < -0.3 is 10.6 Å². The van der Waals surface area contributed by atoms with Gasteiger partial charge in [0, 0.05) is 30.0 Å². The van der Waals surface area contributed by atoms with Gasteiger partial charge in [0.05, 0.1) is 5.56 Å². The summed E-state index contributed by atoms with van der Waals surface area (Å²) in [7, 11) is 1.70. The molecule has 0 aliphatic heterocycles. The van der Waals surface area contributed by atoms with Gasteiger partial charge in [-0.3, -0.25) is 0 Å². The Hall–Kier alpha value is -1.88. The first-order chi connectivity index (χ1) is 9.79. The van der Waals surface area contributed by atoms with Gasteiger partial charge >= 0.3 is 6.18 Å². The summed E-state index contributed by atoms with van der Waals surface area (Å²) in [5.41, 5.74) is 5.55. The molecule has 0 heterocycles. The summed E-state index contributed by atoms with van der Waals surface area (Å²) in [6, 6.07) is 11.1. The van der Waals surface area contributed by atoms with E-state index in [2.05, 4.69) is 0 Å². The fourth-order valence-corrected chi connectivity index (χ4v) is 2.20. The maximum absolute atomic E-state index is 12.9. The van der Waals surface area contributed by atoms with Crippen LogP contribution >= 0.6 is 11.6 Å². The highest BCUT2D eigenvalue weighted by Gasteiger charge is 2.33. The van der Waals surface area contributed by atoms with Crippen LogP contribution in [0.2, 0.25) is 5.02 Å². The molecular formula is C15H14ClF3N2. The number of anilines is 2. The van der Waals surface area contributed by atoms with Crippen molar-refractivity contribution < 1.29 is 13.2 Å². The summed E-state index contributed by atoms with van der Waals surface area (Å²) in [6.45, 7) is 0.404. The number of alkyl halides is 3. The second-order valence-corrected chi connectivity index (χ2v) is 5.12. The second-order valence-electron chi connectivity index (χ2n) is 4.72. The van der Waals surface area contributed by atoms with Gasteiger partial charge in [-0.15, -0.1) is 0 Å². The third kappa shape index (κ3) is 3.61. The van der Waals surface area contributed by atoms with Gasteiger partial charge in [0.2, 0.25) is 0 Å². The zero-order valence-corrected chi connectivity index (χ0v) is 12.0. The van der Waals surface area contributed by atoms with Crippen LogP contribution in [0.15, 0.2) is 42.5 Å². The van der Waals surface area contributed by atoms with E-state index < -0.39 is 11.7 Å². The molecule has 0 saturated heterocycles. The molecule has 112 valence electrons. The molecule has 0 bridgehead atoms. The number of benzene rings is 2. The molecule has 0 radical (unpaired) electrons. The SMILES string of the molecule is CN(Cc1ccccc1Cl)c1ccc(N)c(C(F)(F)F)c1. The van der Waals surface area contributed by atoms with Crippen molar-refractivity contribution in [2.24, 2.45) is 0 Å². The Bertz CT molecular complexity index is 641. The Kier molecular flexibility index (Phi) is 4.32. The minimum Gasteiger partial charge on any atom is -0.398 e. The third-order valence-corrected chi connectivity index (χ3v) is 3.52. The molecule has 2 nitrogen and oxygen atoms in total. The lowest BCUT2D eigenvalue weighted by molar-refractivity contribution is -0.136. The van der Waals surface area contributed by atoms with Crippen molar-refractivity contribution >= 4 is 23.0 Å². The molecule has 0 atom stereocenters. The summed E-state index contributed by atoms with van der Waals surface area (Å²) >= 11 is 6.06. The largest absolute Gasteiger partial charge is 0.418 e. The van der Waals surface area contributed by atoms with E-state index in [1.165, 1.54) is 6.07 Å². The van der Waals surface area contributed by atoms with Gasteiger partial charge in [-0.05, 0) is 29.8 Å². The first-order valence-corrected chi connectivity index (χ1v) is 6.58. The van der Waals surface area contributed by atoms with Gasteiger partial charge in [-0.1, -0.05) is 29.8 Å². The van der Waals surface area contributed by atoms with Crippen LogP contribution in [-0.2, 0) is 12.7 Å². The number of nitrogens with zero attached hydrogens (tertiary/aromatic N) is 1. The fourth-order valence-electron chi connectivity index (χ4n) is 2.00. The van der Waals surface area contributed by atoms with E-state index in [9.17, 15) is 13.2 Å². The van der Waals surface area contributed by atoms with Crippen molar-refractivity contribution in [1.29, 1.82) is 0 Å². The molecule has 6 heteroatoms. The average Bonchev–Trinajstić information content (AvgIpc) is 2.40. The van der Waals surface area contributed by atoms with Crippen molar-refractivity contribution in [1.82, 2.24) is 0 Å². The van der Waals surface area contributed by atoms with E-state index >= 15 is 0 Å². The summed E-state index contributed by atoms with van der Waals surface area (Å²) in [5, 5.41) is 0.579. The van der Waals surface area contributed by atoms with Crippen LogP contribution in [0.4, 0.5) is 24.5 Å². The average molecular weight is 315 g/mol. The summed E-state index contributed by atoms with van der Waals surface area (Å²) in [5.74, 6) is 0. The number of hydrogen-bond acceptors (Lipinski definition) is 2. The van der Waals surface area contributed by atoms with Crippen molar-refractivity contribution in [2.75, 3.05) is 17.7 Å². The molecule has 21 heavy (non-hydrogen) atoms. The lowest BCUT2D eigenvalue weighted by atomic mass is 10.1. The van der Waals surface area contributed by atoms with Crippen LogP contribution < -0.4 is 10.6 Å². The maximum atomic E-state index is 12.9. The summed E-state index contributed by atoms with van der Waals surface area (Å²) in [4.78, 5) is 1.69. The second kappa shape index (κ2) is 5.85. The van der Waals surface area contributed by atoms with E-state index in [1.54, 1.807) is 30.1 Å². The minimum atomic E-state index is -4.47. The smallest absolute Gasteiger partial charge is 0.398 e. The van der Waals surface area contributed by atoms with Gasteiger partial charge in [0.1, 0.15) is 0 Å². The van der Waals surface area contributed by atoms with Crippen molar-refractivity contribution in [3.8, 4) is 0 Å². The van der Waals surface area contributed by atoms with Crippen LogP contribution in [-0.4, -0.2) is 7.05 Å². The lowest BCUT2D eigenvalue weighted by Crippen LogP contribution is -2.18. The van der Waals surface area contributed by atoms with Crippen LogP contribution in [0, 0.1) is 0 Å².